The minimum atomic E-state index is -0.188. The van der Waals surface area contributed by atoms with Gasteiger partial charge in [0.15, 0.2) is 0 Å². The van der Waals surface area contributed by atoms with E-state index in [4.69, 9.17) is 0 Å². The molecule has 1 aromatic heterocycles. The van der Waals surface area contributed by atoms with Gasteiger partial charge in [0.05, 0.1) is 11.3 Å². The van der Waals surface area contributed by atoms with Crippen LogP contribution in [0.25, 0.3) is 11.6 Å². The molecule has 3 aromatic rings. The van der Waals surface area contributed by atoms with E-state index >= 15 is 0 Å². The van der Waals surface area contributed by atoms with Crippen LogP contribution in [0.5, 0.6) is 0 Å². The summed E-state index contributed by atoms with van der Waals surface area (Å²) in [5.41, 5.74) is 4.18. The Balaban J connectivity index is 1.60. The molecule has 2 amide bonds. The molecule has 3 N–H and O–H groups in total. The number of nitrogens with one attached hydrogen (secondary N) is 3. The van der Waals surface area contributed by atoms with Crippen LogP contribution in [0.3, 0.4) is 0 Å². The molecule has 2 aromatic carbocycles. The van der Waals surface area contributed by atoms with Crippen LogP contribution in [0.1, 0.15) is 21.6 Å². The predicted octanol–water partition coefficient (Wildman–Crippen LogP) is 3.76. The van der Waals surface area contributed by atoms with Crippen molar-refractivity contribution in [2.75, 3.05) is 10.6 Å². The van der Waals surface area contributed by atoms with Crippen LogP contribution in [-0.2, 0) is 4.79 Å². The number of fused-ring (bicyclic) bond motifs is 1. The molecule has 0 unspecified atom stereocenters. The van der Waals surface area contributed by atoms with Gasteiger partial charge in [-0.15, -0.1) is 0 Å². The van der Waals surface area contributed by atoms with Gasteiger partial charge in [-0.25, -0.2) is 0 Å². The fourth-order valence-corrected chi connectivity index (χ4v) is 2.80. The molecule has 0 saturated carbocycles. The summed E-state index contributed by atoms with van der Waals surface area (Å²) in [4.78, 5) is 27.5. The van der Waals surface area contributed by atoms with Crippen LogP contribution in [0.15, 0.2) is 66.9 Å². The zero-order chi connectivity index (χ0) is 17.2. The van der Waals surface area contributed by atoms with Crippen molar-refractivity contribution < 1.29 is 9.59 Å². The third-order valence-corrected chi connectivity index (χ3v) is 4.02. The number of hydrogen-bond donors (Lipinski definition) is 3. The van der Waals surface area contributed by atoms with E-state index in [0.29, 0.717) is 22.5 Å². The van der Waals surface area contributed by atoms with Gasteiger partial charge in [-0.2, -0.15) is 0 Å². The third-order valence-electron chi connectivity index (χ3n) is 4.02. The number of benzene rings is 2. The molecule has 0 atom stereocenters. The molecule has 0 fully saturated rings. The van der Waals surface area contributed by atoms with Crippen molar-refractivity contribution in [3.05, 3.63) is 83.7 Å². The molecule has 25 heavy (non-hydrogen) atoms. The highest BCUT2D eigenvalue weighted by atomic mass is 16.2. The Kier molecular flexibility index (Phi) is 3.67. The van der Waals surface area contributed by atoms with Crippen molar-refractivity contribution in [2.24, 2.45) is 0 Å². The molecule has 122 valence electrons. The minimum Gasteiger partial charge on any atom is -0.362 e. The van der Waals surface area contributed by atoms with Crippen molar-refractivity contribution in [1.29, 1.82) is 0 Å². The summed E-state index contributed by atoms with van der Waals surface area (Å²) in [7, 11) is 0. The van der Waals surface area contributed by atoms with Crippen LogP contribution in [0.2, 0.25) is 0 Å². The number of amides is 2. The smallest absolute Gasteiger partial charge is 0.256 e. The highest BCUT2D eigenvalue weighted by molar-refractivity contribution is 6.35. The molecule has 0 bridgehead atoms. The summed E-state index contributed by atoms with van der Waals surface area (Å²) in [5.74, 6) is -0.344. The first-order valence-corrected chi connectivity index (χ1v) is 7.88. The average Bonchev–Trinajstić information content (AvgIpc) is 3.24. The summed E-state index contributed by atoms with van der Waals surface area (Å²) in [6, 6.07) is 18.2. The molecule has 5 heteroatoms. The molecule has 0 aliphatic carbocycles. The highest BCUT2D eigenvalue weighted by Crippen LogP contribution is 2.34. The van der Waals surface area contributed by atoms with Gasteiger partial charge >= 0.3 is 0 Å². The second kappa shape index (κ2) is 6.13. The monoisotopic (exact) mass is 329 g/mol. The maximum atomic E-state index is 12.2. The van der Waals surface area contributed by atoms with Crippen molar-refractivity contribution in [1.82, 2.24) is 4.98 Å². The van der Waals surface area contributed by atoms with E-state index in [0.717, 1.165) is 11.3 Å². The van der Waals surface area contributed by atoms with E-state index in [1.807, 2.05) is 48.7 Å². The number of carbonyl (C=O) groups is 2. The first-order valence-electron chi connectivity index (χ1n) is 7.88. The van der Waals surface area contributed by atoms with Crippen molar-refractivity contribution in [3.8, 4) is 0 Å². The maximum Gasteiger partial charge on any atom is 0.256 e. The minimum absolute atomic E-state index is 0.156. The van der Waals surface area contributed by atoms with E-state index in [1.165, 1.54) is 0 Å². The summed E-state index contributed by atoms with van der Waals surface area (Å²) in [6.07, 6.45) is 3.62. The molecule has 0 saturated heterocycles. The zero-order valence-corrected chi connectivity index (χ0v) is 13.2. The molecule has 1 aliphatic heterocycles. The van der Waals surface area contributed by atoms with Crippen LogP contribution in [-0.4, -0.2) is 16.8 Å². The number of anilines is 2. The summed E-state index contributed by atoms with van der Waals surface area (Å²) < 4.78 is 0. The Labute approximate surface area is 144 Å². The molecule has 4 rings (SSSR count). The SMILES string of the molecule is O=C1Nc2cc(NC(=O)c3ccccc3)ccc2/C1=C\c1ccc[nH]1. The third kappa shape index (κ3) is 2.95. The molecule has 1 aliphatic rings. The molecule has 5 nitrogen and oxygen atoms in total. The summed E-state index contributed by atoms with van der Waals surface area (Å²) in [5, 5.41) is 5.69. The van der Waals surface area contributed by atoms with Gasteiger partial charge in [-0.3, -0.25) is 9.59 Å². The van der Waals surface area contributed by atoms with Gasteiger partial charge in [0.2, 0.25) is 0 Å². The maximum absolute atomic E-state index is 12.2. The van der Waals surface area contributed by atoms with Crippen LogP contribution in [0.4, 0.5) is 11.4 Å². The van der Waals surface area contributed by atoms with Crippen molar-refractivity contribution in [2.45, 2.75) is 0 Å². The van der Waals surface area contributed by atoms with Crippen molar-refractivity contribution >= 4 is 34.8 Å². The Bertz CT molecular complexity index is 973. The average molecular weight is 329 g/mol. The highest BCUT2D eigenvalue weighted by Gasteiger charge is 2.24. The van der Waals surface area contributed by atoms with Crippen LogP contribution < -0.4 is 10.6 Å². The fourth-order valence-electron chi connectivity index (χ4n) is 2.80. The van der Waals surface area contributed by atoms with E-state index in [9.17, 15) is 9.59 Å². The molecular weight excluding hydrogens is 314 g/mol. The molecule has 0 spiro atoms. The van der Waals surface area contributed by atoms with Crippen LogP contribution >= 0.6 is 0 Å². The Morgan fingerprint density at radius 2 is 1.84 bits per heavy atom. The first kappa shape index (κ1) is 15.0. The lowest BCUT2D eigenvalue weighted by atomic mass is 10.1. The van der Waals surface area contributed by atoms with Gasteiger partial charge in [-0.1, -0.05) is 24.3 Å². The Morgan fingerprint density at radius 1 is 1.00 bits per heavy atom. The van der Waals surface area contributed by atoms with Gasteiger partial charge < -0.3 is 15.6 Å². The Hall–Kier alpha value is -3.60. The first-order chi connectivity index (χ1) is 12.2. The quantitative estimate of drug-likeness (QED) is 0.640. The summed E-state index contributed by atoms with van der Waals surface area (Å²) in [6.45, 7) is 0. The number of carbonyl (C=O) groups excluding carboxylic acids is 2. The Morgan fingerprint density at radius 3 is 2.60 bits per heavy atom. The number of rotatable bonds is 3. The van der Waals surface area contributed by atoms with E-state index in [-0.39, 0.29) is 11.8 Å². The van der Waals surface area contributed by atoms with Gasteiger partial charge in [0, 0.05) is 28.7 Å². The standard InChI is InChI=1S/C20H15N3O2/c24-19(13-5-2-1-3-6-13)22-15-8-9-16-17(11-14-7-4-10-21-14)20(25)23-18(16)12-15/h1-12,21H,(H,22,24)(H,23,25)/b17-11+. The summed E-state index contributed by atoms with van der Waals surface area (Å²) >= 11 is 0. The van der Waals surface area contributed by atoms with Crippen molar-refractivity contribution in [3.63, 3.8) is 0 Å². The number of H-pyrrole nitrogens is 1. The topological polar surface area (TPSA) is 74.0 Å². The zero-order valence-electron chi connectivity index (χ0n) is 13.2. The lowest BCUT2D eigenvalue weighted by molar-refractivity contribution is -0.110. The fraction of sp³-hybridized carbons (Fsp3) is 0. The number of hydrogen-bond acceptors (Lipinski definition) is 2. The number of aromatic amines is 1. The lowest BCUT2D eigenvalue weighted by Crippen LogP contribution is -2.11. The predicted molar refractivity (Wildman–Crippen MR) is 98.1 cm³/mol. The molecule has 2 heterocycles. The van der Waals surface area contributed by atoms with Crippen LogP contribution in [0, 0.1) is 0 Å². The second-order valence-electron chi connectivity index (χ2n) is 5.72. The second-order valence-corrected chi connectivity index (χ2v) is 5.72. The largest absolute Gasteiger partial charge is 0.362 e. The van der Waals surface area contributed by atoms with Gasteiger partial charge in [0.1, 0.15) is 0 Å². The van der Waals surface area contributed by atoms with E-state index in [2.05, 4.69) is 15.6 Å². The van der Waals surface area contributed by atoms with Gasteiger partial charge in [0.25, 0.3) is 11.8 Å². The lowest BCUT2D eigenvalue weighted by Gasteiger charge is -2.07. The number of aromatic nitrogens is 1. The van der Waals surface area contributed by atoms with Gasteiger partial charge in [-0.05, 0) is 42.5 Å². The molecule has 0 radical (unpaired) electrons. The normalized spacial score (nSPS) is 14.2. The van der Waals surface area contributed by atoms with E-state index in [1.54, 1.807) is 24.3 Å². The molecular formula is C20H15N3O2. The van der Waals surface area contributed by atoms with E-state index < -0.39 is 0 Å².